The molecular weight excluding hydrogens is 322 g/mol. The molecule has 3 aromatic heterocycles. The number of hydrogen-bond donors (Lipinski definition) is 1. The second kappa shape index (κ2) is 5.23. The lowest BCUT2D eigenvalue weighted by atomic mass is 10.1. The summed E-state index contributed by atoms with van der Waals surface area (Å²) in [6, 6.07) is 10.5. The first kappa shape index (κ1) is 15.0. The fourth-order valence-corrected chi connectivity index (χ4v) is 3.08. The number of para-hydroxylation sites is 1. The number of nitrogens with zero attached hydrogens (tertiary/aromatic N) is 4. The first-order valence-corrected chi connectivity index (χ1v) is 7.64. The van der Waals surface area contributed by atoms with Gasteiger partial charge in [0.25, 0.3) is 11.2 Å². The van der Waals surface area contributed by atoms with E-state index >= 15 is 0 Å². The van der Waals surface area contributed by atoms with Gasteiger partial charge in [0, 0.05) is 5.69 Å². The van der Waals surface area contributed by atoms with Crippen LogP contribution in [0.5, 0.6) is 0 Å². The molecule has 3 heterocycles. The molecule has 1 aromatic carbocycles. The molecule has 0 fully saturated rings. The van der Waals surface area contributed by atoms with E-state index in [2.05, 4.69) is 10.2 Å². The molecule has 4 aromatic rings. The maximum Gasteiger partial charge on any atom is 0.407 e. The van der Waals surface area contributed by atoms with Crippen LogP contribution in [0, 0.1) is 24.0 Å². The van der Waals surface area contributed by atoms with Gasteiger partial charge in [-0.15, -0.1) is 4.52 Å². The van der Waals surface area contributed by atoms with Gasteiger partial charge in [0.2, 0.25) is 0 Å². The first-order valence-electron chi connectivity index (χ1n) is 7.64. The molecule has 0 spiro atoms. The van der Waals surface area contributed by atoms with Crippen molar-refractivity contribution in [3.05, 3.63) is 74.3 Å². The Labute approximate surface area is 141 Å². The summed E-state index contributed by atoms with van der Waals surface area (Å²) >= 11 is 0. The lowest BCUT2D eigenvalue weighted by molar-refractivity contribution is -0.556. The number of nitrogens with one attached hydrogen (secondary N) is 1. The van der Waals surface area contributed by atoms with E-state index < -0.39 is 4.92 Å². The van der Waals surface area contributed by atoms with E-state index in [1.165, 1.54) is 4.68 Å². The minimum absolute atomic E-state index is 0.0547. The Morgan fingerprint density at radius 3 is 2.64 bits per heavy atom. The Bertz CT molecular complexity index is 1210. The van der Waals surface area contributed by atoms with Gasteiger partial charge >= 0.3 is 5.56 Å². The maximum absolute atomic E-state index is 12.9. The summed E-state index contributed by atoms with van der Waals surface area (Å²) in [6.45, 7) is 3.44. The van der Waals surface area contributed by atoms with Crippen LogP contribution in [-0.4, -0.2) is 19.8 Å². The Morgan fingerprint density at radius 1 is 1.20 bits per heavy atom. The Morgan fingerprint density at radius 2 is 1.96 bits per heavy atom. The molecule has 0 aliphatic heterocycles. The Hall–Kier alpha value is -3.55. The van der Waals surface area contributed by atoms with Crippen LogP contribution in [0.3, 0.4) is 0 Å². The van der Waals surface area contributed by atoms with Crippen LogP contribution in [0.15, 0.2) is 47.4 Å². The molecule has 0 aliphatic carbocycles. The second-order valence-electron chi connectivity index (χ2n) is 5.83. The molecule has 25 heavy (non-hydrogen) atoms. The molecule has 0 radical (unpaired) electrons. The number of rotatable bonds is 2. The second-order valence-corrected chi connectivity index (χ2v) is 5.83. The van der Waals surface area contributed by atoms with E-state index in [1.807, 2.05) is 6.92 Å². The third kappa shape index (κ3) is 2.11. The molecule has 0 bridgehead atoms. The number of H-pyrrole nitrogens is 1. The standard InChI is InChI=1S/C17H13N5O3/c1-10-7-8-12(9-18-10)20-17(23)16-11(2)15(22(24)25)13-5-3-4-6-14(13)21(16)19-20/h3-9H,1-2H3/p+1. The van der Waals surface area contributed by atoms with E-state index in [0.717, 1.165) is 5.69 Å². The summed E-state index contributed by atoms with van der Waals surface area (Å²) in [7, 11) is 0. The SMILES string of the molecule is Cc1ccc(-n2[nH][n+]3c(c(C)c([N+](=O)[O-])c4ccccc43)c2=O)cn1. The number of pyridine rings is 2. The molecule has 0 unspecified atom stereocenters. The van der Waals surface area contributed by atoms with Gasteiger partial charge in [0.05, 0.1) is 16.7 Å². The quantitative estimate of drug-likeness (QED) is 0.344. The van der Waals surface area contributed by atoms with Crippen LogP contribution < -0.4 is 10.1 Å². The lowest BCUT2D eigenvalue weighted by Gasteiger charge is -2.01. The third-order valence-electron chi connectivity index (χ3n) is 4.28. The molecule has 124 valence electrons. The van der Waals surface area contributed by atoms with Crippen LogP contribution in [0.2, 0.25) is 0 Å². The van der Waals surface area contributed by atoms with Crippen LogP contribution in [-0.2, 0) is 0 Å². The van der Waals surface area contributed by atoms with Gasteiger partial charge in [-0.3, -0.25) is 15.1 Å². The minimum Gasteiger partial charge on any atom is -0.258 e. The maximum atomic E-state index is 12.9. The van der Waals surface area contributed by atoms with Crippen LogP contribution >= 0.6 is 0 Å². The number of fused-ring (bicyclic) bond motifs is 3. The van der Waals surface area contributed by atoms with E-state index in [1.54, 1.807) is 54.0 Å². The van der Waals surface area contributed by atoms with Crippen LogP contribution in [0.4, 0.5) is 5.69 Å². The average molecular weight is 336 g/mol. The average Bonchev–Trinajstić information content (AvgIpc) is 2.94. The highest BCUT2D eigenvalue weighted by Crippen LogP contribution is 2.28. The highest BCUT2D eigenvalue weighted by atomic mass is 16.6. The lowest BCUT2D eigenvalue weighted by Crippen LogP contribution is -2.27. The minimum atomic E-state index is -0.443. The van der Waals surface area contributed by atoms with Crippen molar-refractivity contribution in [2.45, 2.75) is 13.8 Å². The van der Waals surface area contributed by atoms with Crippen molar-refractivity contribution in [3.8, 4) is 5.69 Å². The zero-order valence-electron chi connectivity index (χ0n) is 13.6. The third-order valence-corrected chi connectivity index (χ3v) is 4.28. The Balaban J connectivity index is 2.18. The van der Waals surface area contributed by atoms with Crippen LogP contribution in [0.1, 0.15) is 11.3 Å². The van der Waals surface area contributed by atoms with Gasteiger partial charge in [-0.2, -0.15) is 0 Å². The molecular formula is C17H14N5O3+. The Kier molecular flexibility index (Phi) is 3.14. The normalized spacial score (nSPS) is 11.3. The predicted octanol–water partition coefficient (Wildman–Crippen LogP) is 1.98. The summed E-state index contributed by atoms with van der Waals surface area (Å²) < 4.78 is 2.92. The highest BCUT2D eigenvalue weighted by Gasteiger charge is 2.29. The van der Waals surface area contributed by atoms with Crippen molar-refractivity contribution in [2.24, 2.45) is 0 Å². The summed E-state index contributed by atoms with van der Waals surface area (Å²) in [5, 5.41) is 15.1. The number of hydrogen-bond acceptors (Lipinski definition) is 4. The van der Waals surface area contributed by atoms with Crippen molar-refractivity contribution in [1.82, 2.24) is 14.9 Å². The molecule has 0 saturated carbocycles. The summed E-state index contributed by atoms with van der Waals surface area (Å²) in [5.74, 6) is 0. The molecule has 1 N–H and O–H groups in total. The number of aryl methyl sites for hydroxylation is 2. The predicted molar refractivity (Wildman–Crippen MR) is 91.0 cm³/mol. The molecule has 0 atom stereocenters. The topological polar surface area (TPSA) is 97.9 Å². The van der Waals surface area contributed by atoms with Crippen molar-refractivity contribution in [1.29, 1.82) is 0 Å². The van der Waals surface area contributed by atoms with E-state index in [-0.39, 0.29) is 16.8 Å². The number of benzene rings is 1. The smallest absolute Gasteiger partial charge is 0.258 e. The molecule has 8 nitrogen and oxygen atoms in total. The molecule has 0 saturated heterocycles. The van der Waals surface area contributed by atoms with Crippen molar-refractivity contribution < 1.29 is 9.44 Å². The molecule has 0 aliphatic rings. The molecule has 4 rings (SSSR count). The van der Waals surface area contributed by atoms with Gasteiger partial charge in [-0.25, -0.2) is 4.79 Å². The van der Waals surface area contributed by atoms with E-state index in [9.17, 15) is 14.9 Å². The van der Waals surface area contributed by atoms with Gasteiger partial charge in [-0.05, 0) is 38.1 Å². The van der Waals surface area contributed by atoms with Gasteiger partial charge in [-0.1, -0.05) is 22.0 Å². The first-order chi connectivity index (χ1) is 12.0. The summed E-state index contributed by atoms with van der Waals surface area (Å²) in [4.78, 5) is 28.2. The fourth-order valence-electron chi connectivity index (χ4n) is 3.08. The highest BCUT2D eigenvalue weighted by molar-refractivity contribution is 5.89. The monoisotopic (exact) mass is 336 g/mol. The molecule has 8 heteroatoms. The molecule has 0 amide bonds. The van der Waals surface area contributed by atoms with Gasteiger partial charge in [0.15, 0.2) is 11.2 Å². The van der Waals surface area contributed by atoms with Crippen molar-refractivity contribution >= 4 is 22.1 Å². The van der Waals surface area contributed by atoms with Crippen molar-refractivity contribution in [3.63, 3.8) is 0 Å². The van der Waals surface area contributed by atoms with Crippen molar-refractivity contribution in [2.75, 3.05) is 0 Å². The van der Waals surface area contributed by atoms with Gasteiger partial charge < -0.3 is 0 Å². The number of aromatic nitrogens is 4. The number of aromatic amines is 1. The zero-order chi connectivity index (χ0) is 17.7. The summed E-state index contributed by atoms with van der Waals surface area (Å²) in [6.07, 6.45) is 1.58. The largest absolute Gasteiger partial charge is 0.407 e. The van der Waals surface area contributed by atoms with E-state index in [4.69, 9.17) is 0 Å². The fraction of sp³-hybridized carbons (Fsp3) is 0.118. The van der Waals surface area contributed by atoms with Crippen LogP contribution in [0.25, 0.3) is 22.1 Å². The zero-order valence-corrected chi connectivity index (χ0v) is 13.6. The van der Waals surface area contributed by atoms with E-state index in [0.29, 0.717) is 22.2 Å². The van der Waals surface area contributed by atoms with Gasteiger partial charge in [0.1, 0.15) is 5.39 Å². The number of nitro groups is 1. The summed E-state index contributed by atoms with van der Waals surface area (Å²) in [5.41, 5.74) is 2.10.